The van der Waals surface area contributed by atoms with Crippen LogP contribution in [0.1, 0.15) is 59.0 Å². The number of carbonyl (C=O) groups excluding carboxylic acids is 1. The number of hydrogen-bond acceptors (Lipinski definition) is 4. The Balaban J connectivity index is 1.57. The van der Waals surface area contributed by atoms with Gasteiger partial charge < -0.3 is 9.88 Å². The molecule has 2 aliphatic rings. The van der Waals surface area contributed by atoms with Gasteiger partial charge in [-0.3, -0.25) is 14.3 Å². The van der Waals surface area contributed by atoms with Crippen LogP contribution in [0.4, 0.5) is 0 Å². The average Bonchev–Trinajstić information content (AvgIpc) is 2.98. The number of nitrogens with zero attached hydrogens (tertiary/aromatic N) is 4. The Morgan fingerprint density at radius 2 is 2.12 bits per heavy atom. The summed E-state index contributed by atoms with van der Waals surface area (Å²) in [5.74, 6) is 0.132. The number of likely N-dealkylation sites (tertiary alicyclic amines) is 1. The second kappa shape index (κ2) is 6.46. The third kappa shape index (κ3) is 2.99. The molecule has 25 heavy (non-hydrogen) atoms. The molecule has 2 aromatic heterocycles. The van der Waals surface area contributed by atoms with E-state index in [0.29, 0.717) is 12.2 Å². The summed E-state index contributed by atoms with van der Waals surface area (Å²) in [6, 6.07) is 1.54. The normalized spacial score (nSPS) is 20.4. The van der Waals surface area contributed by atoms with Crippen LogP contribution in [-0.4, -0.2) is 43.6 Å². The fraction of sp³-hybridized carbons (Fsp3) is 0.556. The topological polar surface area (TPSA) is 83.9 Å². The lowest BCUT2D eigenvalue weighted by Gasteiger charge is -2.32. The zero-order valence-corrected chi connectivity index (χ0v) is 14.5. The van der Waals surface area contributed by atoms with Crippen LogP contribution < -0.4 is 5.56 Å². The quantitative estimate of drug-likeness (QED) is 0.895. The van der Waals surface area contributed by atoms with Gasteiger partial charge in [0.05, 0.1) is 12.0 Å². The molecule has 3 heterocycles. The first kappa shape index (κ1) is 16.1. The molecule has 0 unspecified atom stereocenters. The molecule has 1 N–H and O–H groups in total. The van der Waals surface area contributed by atoms with E-state index in [1.54, 1.807) is 6.07 Å². The monoisotopic (exact) mass is 341 g/mol. The molecule has 1 amide bonds. The van der Waals surface area contributed by atoms with Gasteiger partial charge in [-0.15, -0.1) is 0 Å². The first-order valence-corrected chi connectivity index (χ1v) is 9.02. The number of hydrogen-bond donors (Lipinski definition) is 1. The molecule has 1 aliphatic carbocycles. The van der Waals surface area contributed by atoms with Crippen molar-refractivity contribution in [1.29, 1.82) is 0 Å². The van der Waals surface area contributed by atoms with Crippen molar-refractivity contribution in [2.45, 2.75) is 44.4 Å². The third-order valence-electron chi connectivity index (χ3n) is 5.39. The summed E-state index contributed by atoms with van der Waals surface area (Å²) in [6.45, 7) is 1.34. The van der Waals surface area contributed by atoms with Crippen molar-refractivity contribution in [1.82, 2.24) is 24.6 Å². The Morgan fingerprint density at radius 3 is 2.96 bits per heavy atom. The summed E-state index contributed by atoms with van der Waals surface area (Å²) in [5, 5.41) is 4.53. The number of nitrogens with one attached hydrogen (secondary N) is 1. The fourth-order valence-corrected chi connectivity index (χ4v) is 4.10. The molecule has 1 fully saturated rings. The van der Waals surface area contributed by atoms with Crippen molar-refractivity contribution < 1.29 is 4.79 Å². The zero-order valence-electron chi connectivity index (χ0n) is 14.5. The van der Waals surface area contributed by atoms with Gasteiger partial charge in [-0.25, -0.2) is 4.98 Å². The molecule has 0 radical (unpaired) electrons. The van der Waals surface area contributed by atoms with Crippen LogP contribution in [0.15, 0.2) is 17.2 Å². The van der Waals surface area contributed by atoms with Crippen molar-refractivity contribution in [3.05, 3.63) is 45.4 Å². The zero-order chi connectivity index (χ0) is 17.4. The molecule has 1 aliphatic heterocycles. The molecule has 0 aromatic carbocycles. The van der Waals surface area contributed by atoms with Crippen LogP contribution in [0.3, 0.4) is 0 Å². The van der Waals surface area contributed by atoms with Gasteiger partial charge in [0.15, 0.2) is 5.69 Å². The van der Waals surface area contributed by atoms with Crippen LogP contribution in [0.25, 0.3) is 0 Å². The molecule has 0 spiro atoms. The van der Waals surface area contributed by atoms with Crippen molar-refractivity contribution in [2.75, 3.05) is 13.1 Å². The van der Waals surface area contributed by atoms with Gasteiger partial charge in [-0.1, -0.05) is 0 Å². The third-order valence-corrected chi connectivity index (χ3v) is 5.39. The highest BCUT2D eigenvalue weighted by molar-refractivity contribution is 5.94. The smallest absolute Gasteiger partial charge is 0.274 e. The number of H-pyrrole nitrogens is 1. The maximum absolute atomic E-state index is 13.1. The second-order valence-electron chi connectivity index (χ2n) is 7.03. The minimum atomic E-state index is -0.146. The van der Waals surface area contributed by atoms with Crippen LogP contribution >= 0.6 is 0 Å². The van der Waals surface area contributed by atoms with Gasteiger partial charge >= 0.3 is 0 Å². The van der Waals surface area contributed by atoms with Crippen LogP contribution in [0.5, 0.6) is 0 Å². The van der Waals surface area contributed by atoms with E-state index in [2.05, 4.69) is 15.1 Å². The summed E-state index contributed by atoms with van der Waals surface area (Å²) in [4.78, 5) is 33.4. The SMILES string of the molecule is Cn1nc(C(=O)N2CCC[C@@H](c3cc(=O)[nH]cn3)C2)c2c1CCCC2. The largest absolute Gasteiger partial charge is 0.337 e. The molecule has 7 heteroatoms. The average molecular weight is 341 g/mol. The van der Waals surface area contributed by atoms with E-state index < -0.39 is 0 Å². The van der Waals surface area contributed by atoms with Crippen molar-refractivity contribution in [2.24, 2.45) is 7.05 Å². The first-order chi connectivity index (χ1) is 12.1. The molecule has 7 nitrogen and oxygen atoms in total. The summed E-state index contributed by atoms with van der Waals surface area (Å²) in [6.07, 6.45) is 7.54. The summed E-state index contributed by atoms with van der Waals surface area (Å²) < 4.78 is 1.88. The van der Waals surface area contributed by atoms with Gasteiger partial charge in [0.25, 0.3) is 11.5 Å². The predicted molar refractivity (Wildman–Crippen MR) is 92.6 cm³/mol. The number of aryl methyl sites for hydroxylation is 1. The van der Waals surface area contributed by atoms with E-state index in [-0.39, 0.29) is 17.4 Å². The Hall–Kier alpha value is -2.44. The van der Waals surface area contributed by atoms with Crippen LogP contribution in [0.2, 0.25) is 0 Å². The molecule has 0 bridgehead atoms. The minimum Gasteiger partial charge on any atom is -0.337 e. The molecular formula is C18H23N5O2. The van der Waals surface area contributed by atoms with E-state index >= 15 is 0 Å². The molecule has 0 saturated carbocycles. The van der Waals surface area contributed by atoms with Crippen LogP contribution in [0, 0.1) is 0 Å². The Bertz CT molecular complexity index is 853. The van der Waals surface area contributed by atoms with E-state index in [1.807, 2.05) is 16.6 Å². The van der Waals surface area contributed by atoms with Gasteiger partial charge in [-0.2, -0.15) is 5.10 Å². The standard InChI is InChI=1S/C18H23N5O2/c1-22-15-7-3-2-6-13(15)17(21-22)18(25)23-8-4-5-12(10-23)14-9-16(24)20-11-19-14/h9,11-12H,2-8,10H2,1H3,(H,19,20,24)/t12-/m1/s1. The van der Waals surface area contributed by atoms with E-state index in [4.69, 9.17) is 0 Å². The first-order valence-electron chi connectivity index (χ1n) is 9.02. The Kier molecular flexibility index (Phi) is 4.15. The van der Waals surface area contributed by atoms with Crippen LogP contribution in [-0.2, 0) is 19.9 Å². The number of fused-ring (bicyclic) bond motifs is 1. The van der Waals surface area contributed by atoms with E-state index in [9.17, 15) is 9.59 Å². The molecule has 2 aromatic rings. The summed E-state index contributed by atoms with van der Waals surface area (Å²) >= 11 is 0. The van der Waals surface area contributed by atoms with Crippen molar-refractivity contribution in [3.8, 4) is 0 Å². The van der Waals surface area contributed by atoms with Gasteiger partial charge in [-0.05, 0) is 38.5 Å². The van der Waals surface area contributed by atoms with Gasteiger partial charge in [0.2, 0.25) is 0 Å². The molecule has 1 saturated heterocycles. The summed E-state index contributed by atoms with van der Waals surface area (Å²) in [5.41, 5.74) is 3.59. The number of aromatic nitrogens is 4. The number of aromatic amines is 1. The molecule has 4 rings (SSSR count). The summed E-state index contributed by atoms with van der Waals surface area (Å²) in [7, 11) is 1.93. The van der Waals surface area contributed by atoms with E-state index in [1.165, 1.54) is 18.4 Å². The molecule has 1 atom stereocenters. The Labute approximate surface area is 146 Å². The number of piperidine rings is 1. The Morgan fingerprint density at radius 1 is 1.28 bits per heavy atom. The lowest BCUT2D eigenvalue weighted by atomic mass is 9.93. The maximum atomic E-state index is 13.1. The number of carbonyl (C=O) groups is 1. The maximum Gasteiger partial charge on any atom is 0.274 e. The van der Waals surface area contributed by atoms with Crippen molar-refractivity contribution >= 4 is 5.91 Å². The minimum absolute atomic E-state index is 0.0216. The molecule has 132 valence electrons. The van der Waals surface area contributed by atoms with E-state index in [0.717, 1.165) is 49.9 Å². The molecular weight excluding hydrogens is 318 g/mol. The highest BCUT2D eigenvalue weighted by atomic mass is 16.2. The van der Waals surface area contributed by atoms with Gasteiger partial charge in [0.1, 0.15) is 0 Å². The van der Waals surface area contributed by atoms with Crippen molar-refractivity contribution in [3.63, 3.8) is 0 Å². The second-order valence-corrected chi connectivity index (χ2v) is 7.03. The van der Waals surface area contributed by atoms with Gasteiger partial charge in [0, 0.05) is 43.4 Å². The highest BCUT2D eigenvalue weighted by Crippen LogP contribution is 2.28. The number of amides is 1. The lowest BCUT2D eigenvalue weighted by molar-refractivity contribution is 0.0698. The number of rotatable bonds is 2. The fourth-order valence-electron chi connectivity index (χ4n) is 4.10. The predicted octanol–water partition coefficient (Wildman–Crippen LogP) is 1.40. The lowest BCUT2D eigenvalue weighted by Crippen LogP contribution is -2.40. The highest BCUT2D eigenvalue weighted by Gasteiger charge is 2.31.